The quantitative estimate of drug-likeness (QED) is 0.590. The standard InChI is InChI=1S/C29H43N5O2/c1-3-33(4-2)29(35)30-21-16-23-22-6-5-7-26-28(22)24(17-27(23)34(19-21)18-20-8-9-20)25(31-26)10-11-32-12-14-36-15-13-32/h5-7,20-21,23,27,31H,3-4,8-19H2,1-2H3,(H,30,35)/t21?,23-,27-/m1/s1. The number of aromatic nitrogens is 1. The number of morpholine rings is 1. The van der Waals surface area contributed by atoms with Crippen LogP contribution in [0.5, 0.6) is 0 Å². The molecule has 2 aliphatic heterocycles. The van der Waals surface area contributed by atoms with Crippen molar-refractivity contribution < 1.29 is 9.53 Å². The minimum absolute atomic E-state index is 0.0940. The van der Waals surface area contributed by atoms with Crippen LogP contribution in [0.2, 0.25) is 0 Å². The predicted molar refractivity (Wildman–Crippen MR) is 144 cm³/mol. The van der Waals surface area contributed by atoms with Gasteiger partial charge in [-0.1, -0.05) is 12.1 Å². The molecular formula is C29H43N5O2. The molecule has 1 aromatic heterocycles. The highest BCUT2D eigenvalue weighted by atomic mass is 16.5. The van der Waals surface area contributed by atoms with Gasteiger partial charge in [0.05, 0.1) is 13.2 Å². The van der Waals surface area contributed by atoms with E-state index in [0.29, 0.717) is 12.0 Å². The number of rotatable bonds is 8. The summed E-state index contributed by atoms with van der Waals surface area (Å²) in [5.74, 6) is 1.31. The van der Waals surface area contributed by atoms with Crippen molar-refractivity contribution in [1.82, 2.24) is 25.0 Å². The molecule has 2 aromatic rings. The number of H-pyrrole nitrogens is 1. The van der Waals surface area contributed by atoms with E-state index in [9.17, 15) is 4.79 Å². The number of nitrogens with zero attached hydrogens (tertiary/aromatic N) is 3. The zero-order valence-electron chi connectivity index (χ0n) is 22.1. The second-order valence-electron chi connectivity index (χ2n) is 11.4. The fourth-order valence-electron chi connectivity index (χ4n) is 6.99. The zero-order chi connectivity index (χ0) is 24.6. The molecule has 2 N–H and O–H groups in total. The summed E-state index contributed by atoms with van der Waals surface area (Å²) < 4.78 is 5.55. The molecule has 1 aromatic carbocycles. The van der Waals surface area contributed by atoms with E-state index >= 15 is 0 Å². The second kappa shape index (κ2) is 10.3. The molecule has 2 aliphatic carbocycles. The van der Waals surface area contributed by atoms with E-state index in [1.54, 1.807) is 5.56 Å². The predicted octanol–water partition coefficient (Wildman–Crippen LogP) is 3.59. The average Bonchev–Trinajstić information content (AvgIpc) is 3.64. The van der Waals surface area contributed by atoms with E-state index in [-0.39, 0.29) is 12.1 Å². The second-order valence-corrected chi connectivity index (χ2v) is 11.4. The number of benzene rings is 1. The van der Waals surface area contributed by atoms with Crippen LogP contribution in [-0.4, -0.2) is 96.8 Å². The van der Waals surface area contributed by atoms with Crippen molar-refractivity contribution in [3.8, 4) is 0 Å². The molecule has 0 bridgehead atoms. The first-order valence-corrected chi connectivity index (χ1v) is 14.4. The number of amides is 2. The lowest BCUT2D eigenvalue weighted by molar-refractivity contribution is 0.0383. The van der Waals surface area contributed by atoms with Crippen molar-refractivity contribution in [2.45, 2.75) is 64.0 Å². The fourth-order valence-corrected chi connectivity index (χ4v) is 6.99. The Labute approximate surface area is 215 Å². The lowest BCUT2D eigenvalue weighted by Crippen LogP contribution is -2.58. The Morgan fingerprint density at radius 3 is 2.75 bits per heavy atom. The van der Waals surface area contributed by atoms with E-state index in [1.165, 1.54) is 41.5 Å². The highest BCUT2D eigenvalue weighted by molar-refractivity contribution is 5.89. The molecule has 2 saturated heterocycles. The Morgan fingerprint density at radius 2 is 2.00 bits per heavy atom. The minimum atomic E-state index is 0.0940. The molecular weight excluding hydrogens is 450 g/mol. The van der Waals surface area contributed by atoms with Gasteiger partial charge in [0.15, 0.2) is 0 Å². The van der Waals surface area contributed by atoms with Gasteiger partial charge in [-0.05, 0) is 62.6 Å². The first-order valence-electron chi connectivity index (χ1n) is 14.4. The van der Waals surface area contributed by atoms with E-state index in [2.05, 4.69) is 52.1 Å². The van der Waals surface area contributed by atoms with Crippen LogP contribution >= 0.6 is 0 Å². The molecule has 4 aliphatic rings. The molecule has 0 radical (unpaired) electrons. The highest BCUT2D eigenvalue weighted by Crippen LogP contribution is 2.46. The van der Waals surface area contributed by atoms with Crippen LogP contribution in [0, 0.1) is 5.92 Å². The lowest BCUT2D eigenvalue weighted by Gasteiger charge is -2.47. The number of hydrogen-bond donors (Lipinski definition) is 2. The number of carbonyl (C=O) groups excluding carboxylic acids is 1. The molecule has 3 fully saturated rings. The average molecular weight is 494 g/mol. The number of fused-ring (bicyclic) bond motifs is 2. The number of hydrogen-bond acceptors (Lipinski definition) is 4. The Balaban J connectivity index is 1.27. The number of urea groups is 1. The molecule has 6 rings (SSSR count). The molecule has 1 saturated carbocycles. The third kappa shape index (κ3) is 4.77. The van der Waals surface area contributed by atoms with Crippen LogP contribution in [0.25, 0.3) is 10.9 Å². The first kappa shape index (κ1) is 24.3. The molecule has 1 unspecified atom stereocenters. The smallest absolute Gasteiger partial charge is 0.317 e. The van der Waals surface area contributed by atoms with Crippen LogP contribution in [-0.2, 0) is 17.6 Å². The summed E-state index contributed by atoms with van der Waals surface area (Å²) in [5.41, 5.74) is 5.78. The number of aromatic amines is 1. The molecule has 3 heterocycles. The fraction of sp³-hybridized carbons (Fsp3) is 0.690. The zero-order valence-corrected chi connectivity index (χ0v) is 22.1. The summed E-state index contributed by atoms with van der Waals surface area (Å²) >= 11 is 0. The molecule has 7 heteroatoms. The van der Waals surface area contributed by atoms with Gasteiger partial charge in [0.2, 0.25) is 0 Å². The summed E-state index contributed by atoms with van der Waals surface area (Å²) in [7, 11) is 0. The molecule has 36 heavy (non-hydrogen) atoms. The highest BCUT2D eigenvalue weighted by Gasteiger charge is 2.43. The van der Waals surface area contributed by atoms with E-state index in [4.69, 9.17) is 4.74 Å². The molecule has 2 amide bonds. The van der Waals surface area contributed by atoms with Crippen LogP contribution in [0.1, 0.15) is 55.8 Å². The maximum atomic E-state index is 12.9. The van der Waals surface area contributed by atoms with Gasteiger partial charge >= 0.3 is 6.03 Å². The topological polar surface area (TPSA) is 63.8 Å². The number of carbonyl (C=O) groups is 1. The van der Waals surface area contributed by atoms with Crippen LogP contribution in [0.4, 0.5) is 4.79 Å². The van der Waals surface area contributed by atoms with Crippen LogP contribution in [0.3, 0.4) is 0 Å². The Morgan fingerprint density at radius 1 is 1.19 bits per heavy atom. The van der Waals surface area contributed by atoms with E-state index in [1.807, 2.05) is 4.90 Å². The number of nitrogens with one attached hydrogen (secondary N) is 2. The van der Waals surface area contributed by atoms with Gasteiger partial charge in [-0.3, -0.25) is 9.80 Å². The van der Waals surface area contributed by atoms with Crippen molar-refractivity contribution in [1.29, 1.82) is 0 Å². The Bertz CT molecular complexity index is 1070. The first-order chi connectivity index (χ1) is 17.6. The van der Waals surface area contributed by atoms with Gasteiger partial charge in [0, 0.05) is 86.8 Å². The van der Waals surface area contributed by atoms with Gasteiger partial charge < -0.3 is 19.9 Å². The molecule has 0 spiro atoms. The van der Waals surface area contributed by atoms with Crippen molar-refractivity contribution in [2.75, 3.05) is 59.0 Å². The summed E-state index contributed by atoms with van der Waals surface area (Å²) in [6.07, 6.45) is 5.96. The van der Waals surface area contributed by atoms with Crippen LogP contribution < -0.4 is 5.32 Å². The maximum Gasteiger partial charge on any atom is 0.317 e. The van der Waals surface area contributed by atoms with Gasteiger partial charge in [0.1, 0.15) is 0 Å². The van der Waals surface area contributed by atoms with Crippen molar-refractivity contribution >= 4 is 16.9 Å². The van der Waals surface area contributed by atoms with Gasteiger partial charge in [0.25, 0.3) is 0 Å². The van der Waals surface area contributed by atoms with E-state index < -0.39 is 0 Å². The van der Waals surface area contributed by atoms with Gasteiger partial charge in [-0.25, -0.2) is 4.79 Å². The minimum Gasteiger partial charge on any atom is -0.379 e. The summed E-state index contributed by atoms with van der Waals surface area (Å²) in [4.78, 5) is 24.0. The van der Waals surface area contributed by atoms with Gasteiger partial charge in [-0.15, -0.1) is 0 Å². The third-order valence-corrected chi connectivity index (χ3v) is 9.14. The van der Waals surface area contributed by atoms with E-state index in [0.717, 1.165) is 77.7 Å². The third-order valence-electron chi connectivity index (χ3n) is 9.14. The van der Waals surface area contributed by atoms with Crippen molar-refractivity contribution in [3.63, 3.8) is 0 Å². The number of ether oxygens (including phenoxy) is 1. The molecule has 7 nitrogen and oxygen atoms in total. The Kier molecular flexibility index (Phi) is 6.97. The monoisotopic (exact) mass is 493 g/mol. The Hall–Kier alpha value is -2.09. The summed E-state index contributed by atoms with van der Waals surface area (Å²) in [5, 5.41) is 4.89. The largest absolute Gasteiger partial charge is 0.379 e. The summed E-state index contributed by atoms with van der Waals surface area (Å²) in [6, 6.07) is 7.68. The van der Waals surface area contributed by atoms with Gasteiger partial charge in [-0.2, -0.15) is 0 Å². The van der Waals surface area contributed by atoms with Crippen molar-refractivity contribution in [3.05, 3.63) is 35.0 Å². The van der Waals surface area contributed by atoms with Crippen LogP contribution in [0.15, 0.2) is 18.2 Å². The maximum absolute atomic E-state index is 12.9. The molecule has 3 atom stereocenters. The lowest BCUT2D eigenvalue weighted by atomic mass is 9.73. The summed E-state index contributed by atoms with van der Waals surface area (Å²) in [6.45, 7) is 12.7. The number of piperidine rings is 1. The molecule has 196 valence electrons. The van der Waals surface area contributed by atoms with Crippen molar-refractivity contribution in [2.24, 2.45) is 5.92 Å². The SMILES string of the molecule is CCN(CC)C(=O)NC1C[C@@H]2c3cccc4[nH]c(CCN5CCOCC5)c(c34)C[C@H]2N(CC2CC2)C1. The normalized spacial score (nSPS) is 26.7. The number of likely N-dealkylation sites (tertiary alicyclic amines) is 1.